The quantitative estimate of drug-likeness (QED) is 0.724. The number of aliphatic hydroxyl groups is 1. The molecule has 13 heavy (non-hydrogen) atoms. The highest BCUT2D eigenvalue weighted by molar-refractivity contribution is 5.13. The smallest absolute Gasteiger partial charge is 0.191 e. The number of benzene rings is 1. The van der Waals surface area contributed by atoms with Crippen LogP contribution in [0.5, 0.6) is 0 Å². The first-order chi connectivity index (χ1) is 6.14. The van der Waals surface area contributed by atoms with Gasteiger partial charge in [-0.15, -0.1) is 0 Å². The Morgan fingerprint density at radius 1 is 1.38 bits per heavy atom. The maximum Gasteiger partial charge on any atom is 0.191 e. The van der Waals surface area contributed by atoms with E-state index in [1.165, 1.54) is 6.92 Å². The number of hydrogen-bond acceptors (Lipinski definition) is 2. The van der Waals surface area contributed by atoms with Crippen molar-refractivity contribution in [1.29, 1.82) is 0 Å². The molecule has 1 aromatic carbocycles. The van der Waals surface area contributed by atoms with Crippen LogP contribution in [0.3, 0.4) is 0 Å². The highest BCUT2D eigenvalue weighted by Gasteiger charge is 2.20. The normalized spacial score (nSPS) is 15.3. The van der Waals surface area contributed by atoms with Gasteiger partial charge in [-0.3, -0.25) is 0 Å². The van der Waals surface area contributed by atoms with Gasteiger partial charge < -0.3 is 9.84 Å². The monoisotopic (exact) mass is 184 g/mol. The van der Waals surface area contributed by atoms with Crippen LogP contribution in [0.1, 0.15) is 12.5 Å². The summed E-state index contributed by atoms with van der Waals surface area (Å²) in [7, 11) is 0. The molecule has 0 amide bonds. The summed E-state index contributed by atoms with van der Waals surface area (Å²) in [4.78, 5) is 0. The first-order valence-electron chi connectivity index (χ1n) is 4.10. The molecule has 72 valence electrons. The van der Waals surface area contributed by atoms with E-state index in [-0.39, 0.29) is 6.61 Å². The molecule has 0 saturated heterocycles. The number of hydrogen-bond donors (Lipinski definition) is 1. The average molecular weight is 184 g/mol. The third-order valence-electron chi connectivity index (χ3n) is 1.64. The van der Waals surface area contributed by atoms with Gasteiger partial charge in [0.05, 0.1) is 6.61 Å². The van der Waals surface area contributed by atoms with Crippen LogP contribution in [0.2, 0.25) is 0 Å². The molecule has 3 heteroatoms. The summed E-state index contributed by atoms with van der Waals surface area (Å²) in [5.74, 6) is -1.67. The first-order valence-corrected chi connectivity index (χ1v) is 4.10. The Labute approximate surface area is 77.0 Å². The second-order valence-corrected chi connectivity index (χ2v) is 3.08. The van der Waals surface area contributed by atoms with E-state index in [0.717, 1.165) is 5.56 Å². The number of halogens is 1. The Bertz CT molecular complexity index is 246. The highest BCUT2D eigenvalue weighted by Crippen LogP contribution is 2.10. The molecule has 2 nitrogen and oxygen atoms in total. The van der Waals surface area contributed by atoms with E-state index in [0.29, 0.717) is 0 Å². The summed E-state index contributed by atoms with van der Waals surface area (Å²) >= 11 is 0. The maximum atomic E-state index is 12.1. The van der Waals surface area contributed by atoms with Gasteiger partial charge in [0.25, 0.3) is 0 Å². The minimum Gasteiger partial charge on any atom is -0.364 e. The molecule has 1 atom stereocenters. The lowest BCUT2D eigenvalue weighted by molar-refractivity contribution is -0.206. The van der Waals surface area contributed by atoms with Crippen LogP contribution in [0.25, 0.3) is 0 Å². The van der Waals surface area contributed by atoms with Crippen LogP contribution >= 0.6 is 0 Å². The van der Waals surface area contributed by atoms with E-state index in [1.807, 2.05) is 30.3 Å². The topological polar surface area (TPSA) is 29.5 Å². The molecule has 1 rings (SSSR count). The summed E-state index contributed by atoms with van der Waals surface area (Å²) in [6, 6.07) is 9.32. The first kappa shape index (κ1) is 10.2. The number of alkyl halides is 1. The zero-order valence-electron chi connectivity index (χ0n) is 7.53. The molecule has 0 spiro atoms. The van der Waals surface area contributed by atoms with Crippen molar-refractivity contribution in [1.82, 2.24) is 0 Å². The summed E-state index contributed by atoms with van der Waals surface area (Å²) in [6.07, 6.45) is 0. The van der Waals surface area contributed by atoms with Crippen molar-refractivity contribution in [3.05, 3.63) is 35.9 Å². The Morgan fingerprint density at radius 3 is 2.54 bits per heavy atom. The molecule has 0 bridgehead atoms. The Kier molecular flexibility index (Phi) is 3.39. The Balaban J connectivity index is 2.44. The fraction of sp³-hybridized carbons (Fsp3) is 0.400. The Morgan fingerprint density at radius 2 is 2.00 bits per heavy atom. The second kappa shape index (κ2) is 4.35. The van der Waals surface area contributed by atoms with Gasteiger partial charge in [0, 0.05) is 0 Å². The SMILES string of the molecule is CC(O)(CF)OCc1ccccc1. The van der Waals surface area contributed by atoms with E-state index in [2.05, 4.69) is 0 Å². The van der Waals surface area contributed by atoms with Crippen molar-refractivity contribution >= 4 is 0 Å². The maximum absolute atomic E-state index is 12.1. The van der Waals surface area contributed by atoms with Crippen molar-refractivity contribution < 1.29 is 14.2 Å². The molecule has 0 fully saturated rings. The van der Waals surface area contributed by atoms with Crippen LogP contribution in [0.15, 0.2) is 30.3 Å². The molecule has 0 aliphatic heterocycles. The van der Waals surface area contributed by atoms with Crippen LogP contribution in [-0.2, 0) is 11.3 Å². The molecular formula is C10H13FO2. The summed E-state index contributed by atoms with van der Waals surface area (Å²) in [6.45, 7) is 0.619. The van der Waals surface area contributed by atoms with Gasteiger partial charge in [0.1, 0.15) is 6.67 Å². The minimum absolute atomic E-state index is 0.220. The molecule has 0 heterocycles. The third kappa shape index (κ3) is 3.53. The lowest BCUT2D eigenvalue weighted by atomic mass is 10.2. The molecule has 0 aliphatic rings. The molecule has 1 unspecified atom stereocenters. The van der Waals surface area contributed by atoms with Crippen molar-refractivity contribution in [2.24, 2.45) is 0 Å². The summed E-state index contributed by atoms with van der Waals surface area (Å²) < 4.78 is 17.0. The van der Waals surface area contributed by atoms with Crippen LogP contribution in [-0.4, -0.2) is 17.6 Å². The predicted octanol–water partition coefficient (Wildman–Crippen LogP) is 1.88. The van der Waals surface area contributed by atoms with E-state index in [9.17, 15) is 9.50 Å². The second-order valence-electron chi connectivity index (χ2n) is 3.08. The van der Waals surface area contributed by atoms with Crippen molar-refractivity contribution in [3.8, 4) is 0 Å². The van der Waals surface area contributed by atoms with Gasteiger partial charge in [-0.2, -0.15) is 0 Å². The minimum atomic E-state index is -1.67. The van der Waals surface area contributed by atoms with Gasteiger partial charge in [-0.25, -0.2) is 4.39 Å². The molecule has 1 N–H and O–H groups in total. The van der Waals surface area contributed by atoms with Gasteiger partial charge in [0.15, 0.2) is 5.79 Å². The van der Waals surface area contributed by atoms with E-state index >= 15 is 0 Å². The van der Waals surface area contributed by atoms with Crippen molar-refractivity contribution in [2.75, 3.05) is 6.67 Å². The highest BCUT2D eigenvalue weighted by atomic mass is 19.1. The molecule has 1 aromatic rings. The van der Waals surface area contributed by atoms with Gasteiger partial charge in [-0.05, 0) is 12.5 Å². The fourth-order valence-electron chi connectivity index (χ4n) is 0.852. The lowest BCUT2D eigenvalue weighted by Crippen LogP contribution is -2.30. The van der Waals surface area contributed by atoms with Crippen LogP contribution in [0.4, 0.5) is 4.39 Å². The zero-order chi connectivity index (χ0) is 9.73. The zero-order valence-corrected chi connectivity index (χ0v) is 7.53. The molecule has 0 radical (unpaired) electrons. The third-order valence-corrected chi connectivity index (χ3v) is 1.64. The van der Waals surface area contributed by atoms with Gasteiger partial charge in [-0.1, -0.05) is 30.3 Å². The molecule has 0 aromatic heterocycles. The van der Waals surface area contributed by atoms with E-state index in [4.69, 9.17) is 4.74 Å². The standard InChI is InChI=1S/C10H13FO2/c1-10(12,8-11)13-7-9-5-3-2-4-6-9/h2-6,12H,7-8H2,1H3. The molecule has 0 aliphatic carbocycles. The van der Waals surface area contributed by atoms with Crippen molar-refractivity contribution in [3.63, 3.8) is 0 Å². The predicted molar refractivity (Wildman–Crippen MR) is 47.8 cm³/mol. The average Bonchev–Trinajstić information content (AvgIpc) is 2.17. The lowest BCUT2D eigenvalue weighted by Gasteiger charge is -2.19. The van der Waals surface area contributed by atoms with E-state index < -0.39 is 12.5 Å². The summed E-state index contributed by atoms with van der Waals surface area (Å²) in [5, 5.41) is 9.19. The fourth-order valence-corrected chi connectivity index (χ4v) is 0.852. The number of ether oxygens (including phenoxy) is 1. The van der Waals surface area contributed by atoms with E-state index in [1.54, 1.807) is 0 Å². The van der Waals surface area contributed by atoms with Crippen LogP contribution < -0.4 is 0 Å². The molecule has 0 saturated carbocycles. The van der Waals surface area contributed by atoms with Crippen molar-refractivity contribution in [2.45, 2.75) is 19.3 Å². The largest absolute Gasteiger partial charge is 0.364 e. The van der Waals surface area contributed by atoms with Gasteiger partial charge in [0.2, 0.25) is 0 Å². The Hall–Kier alpha value is -0.930. The van der Waals surface area contributed by atoms with Crippen LogP contribution in [0, 0.1) is 0 Å². The number of rotatable bonds is 4. The molecular weight excluding hydrogens is 171 g/mol. The van der Waals surface area contributed by atoms with Gasteiger partial charge >= 0.3 is 0 Å². The summed E-state index contributed by atoms with van der Waals surface area (Å²) in [5.41, 5.74) is 0.913.